The Balaban J connectivity index is 0.000000161. The molecule has 9 heterocycles. The van der Waals surface area contributed by atoms with E-state index in [0.717, 1.165) is 149 Å². The number of likely N-dealkylation sites (N-methyl/N-ethyl adjacent to an activating group) is 1. The van der Waals surface area contributed by atoms with Crippen LogP contribution in [0.15, 0.2) is 103 Å². The summed E-state index contributed by atoms with van der Waals surface area (Å²) in [6, 6.07) is 30.3. The minimum Gasteiger partial charge on any atom is -0.356 e. The predicted octanol–water partition coefficient (Wildman–Crippen LogP) is 14.8. The van der Waals surface area contributed by atoms with Gasteiger partial charge in [0.05, 0.1) is 95.6 Å². The zero-order valence-electron chi connectivity index (χ0n) is 58.1. The molecule has 6 aromatic heterocycles. The van der Waals surface area contributed by atoms with Gasteiger partial charge in [-0.05, 0) is 211 Å². The van der Waals surface area contributed by atoms with Crippen molar-refractivity contribution in [1.29, 1.82) is 0 Å². The second-order valence-corrected chi connectivity index (χ2v) is 25.9. The predicted molar refractivity (Wildman–Crippen MR) is 388 cm³/mol. The van der Waals surface area contributed by atoms with Gasteiger partial charge in [-0.15, -0.1) is 0 Å². The topological polar surface area (TPSA) is 177 Å². The number of likely N-dealkylation sites (tertiary alicyclic amines) is 3. The number of rotatable bonds is 20. The number of carbonyl (C=O) groups excluding carboxylic acids is 5. The van der Waals surface area contributed by atoms with Gasteiger partial charge in [0.25, 0.3) is 0 Å². The molecule has 0 saturated carbocycles. The van der Waals surface area contributed by atoms with E-state index < -0.39 is 0 Å². The summed E-state index contributed by atoms with van der Waals surface area (Å²) in [5.41, 5.74) is 17.3. The number of ketones is 3. The van der Waals surface area contributed by atoms with Crippen LogP contribution < -0.4 is 5.32 Å². The fourth-order valence-electron chi connectivity index (χ4n) is 14.2. The van der Waals surface area contributed by atoms with E-state index in [-0.39, 0.29) is 35.6 Å². The van der Waals surface area contributed by atoms with Gasteiger partial charge in [-0.3, -0.25) is 53.6 Å². The largest absolute Gasteiger partial charge is 0.356 e. The van der Waals surface area contributed by atoms with E-state index in [4.69, 9.17) is 29.7 Å². The first-order chi connectivity index (χ1) is 47.5. The Kier molecular flexibility index (Phi) is 23.7. The maximum atomic E-state index is 13.7. The molecule has 0 atom stereocenters. The Bertz CT molecular complexity index is 4520. The third kappa shape index (κ3) is 16.2. The number of aryl methyl sites for hydroxylation is 3. The smallest absolute Gasteiger partial charge is 0.224 e. The highest BCUT2D eigenvalue weighted by atomic mass is 16.2. The summed E-state index contributed by atoms with van der Waals surface area (Å²) in [7, 11) is 0. The number of fused-ring (bicyclic) bond motifs is 3. The fraction of sp³-hybridized carbons (Fsp3) is 0.405. The van der Waals surface area contributed by atoms with Crippen LogP contribution in [0.1, 0.15) is 156 Å². The maximum absolute atomic E-state index is 13.7. The molecule has 0 spiro atoms. The number of hydrogen-bond donors (Lipinski definition) is 1. The minimum absolute atomic E-state index is 0.0590. The van der Waals surface area contributed by atoms with Crippen LogP contribution in [0.3, 0.4) is 0 Å². The molecule has 2 amide bonds. The molecule has 506 valence electrons. The van der Waals surface area contributed by atoms with Crippen molar-refractivity contribution in [3.63, 3.8) is 0 Å². The Labute approximate surface area is 575 Å². The van der Waals surface area contributed by atoms with Gasteiger partial charge in [0.1, 0.15) is 0 Å². The summed E-state index contributed by atoms with van der Waals surface area (Å²) in [5.74, 6) is 0.385. The number of amides is 2. The van der Waals surface area contributed by atoms with Crippen molar-refractivity contribution in [2.75, 3.05) is 78.5 Å². The summed E-state index contributed by atoms with van der Waals surface area (Å²) in [5, 5.41) is 2.82. The number of benzene rings is 3. The van der Waals surface area contributed by atoms with Crippen molar-refractivity contribution in [3.05, 3.63) is 194 Å². The molecule has 3 aliphatic rings. The van der Waals surface area contributed by atoms with Crippen LogP contribution in [-0.4, -0.2) is 156 Å². The van der Waals surface area contributed by atoms with Crippen LogP contribution in [0.5, 0.6) is 0 Å². The molecule has 3 aliphatic heterocycles. The molecule has 3 fully saturated rings. The average molecular weight is 1320 g/mol. The van der Waals surface area contributed by atoms with Crippen LogP contribution in [0.2, 0.25) is 0 Å². The Morgan fingerprint density at radius 3 is 1.30 bits per heavy atom. The monoisotopic (exact) mass is 1310 g/mol. The molecule has 0 radical (unpaired) electrons. The third-order valence-corrected chi connectivity index (χ3v) is 19.2. The molecule has 12 rings (SSSR count). The molecule has 98 heavy (non-hydrogen) atoms. The summed E-state index contributed by atoms with van der Waals surface area (Å²) < 4.78 is 6.17. The summed E-state index contributed by atoms with van der Waals surface area (Å²) in [4.78, 5) is 98.6. The number of hydrogen-bond acceptors (Lipinski definition) is 11. The van der Waals surface area contributed by atoms with Gasteiger partial charge in [-0.25, -0.2) is 14.5 Å². The lowest BCUT2D eigenvalue weighted by Gasteiger charge is -2.25. The molecule has 0 unspecified atom stereocenters. The number of carbonyl (C=O) groups is 5. The number of piperidine rings is 3. The highest BCUT2D eigenvalue weighted by molar-refractivity contribution is 6.11. The number of nitrogens with one attached hydrogen (secondary N) is 1. The van der Waals surface area contributed by atoms with E-state index in [2.05, 4.69) is 54.7 Å². The first-order valence-corrected chi connectivity index (χ1v) is 34.7. The summed E-state index contributed by atoms with van der Waals surface area (Å²) >= 11 is 0. The number of pyridine rings is 3. The zero-order valence-corrected chi connectivity index (χ0v) is 58.1. The maximum Gasteiger partial charge on any atom is 0.224 e. The summed E-state index contributed by atoms with van der Waals surface area (Å²) in [6.45, 7) is 46.4. The quantitative estimate of drug-likeness (QED) is 0.0567. The number of aromatic nitrogens is 6. The van der Waals surface area contributed by atoms with Gasteiger partial charge in [0.15, 0.2) is 34.4 Å². The molecule has 0 aliphatic carbocycles. The lowest BCUT2D eigenvalue weighted by Crippen LogP contribution is -2.34. The molecule has 19 nitrogen and oxygen atoms in total. The fourth-order valence-corrected chi connectivity index (χ4v) is 14.2. The van der Waals surface area contributed by atoms with E-state index in [0.29, 0.717) is 91.3 Å². The Hall–Kier alpha value is -9.97. The normalized spacial score (nSPS) is 14.3. The Morgan fingerprint density at radius 2 is 0.888 bits per heavy atom. The van der Waals surface area contributed by atoms with Crippen molar-refractivity contribution in [2.24, 2.45) is 0 Å². The van der Waals surface area contributed by atoms with Gasteiger partial charge >= 0.3 is 0 Å². The lowest BCUT2D eigenvalue weighted by atomic mass is 10.0. The summed E-state index contributed by atoms with van der Waals surface area (Å²) in [6.07, 6.45) is 13.5. The van der Waals surface area contributed by atoms with Gasteiger partial charge in [0.2, 0.25) is 11.8 Å². The second-order valence-electron chi connectivity index (χ2n) is 25.9. The van der Waals surface area contributed by atoms with Crippen LogP contribution >= 0.6 is 0 Å². The van der Waals surface area contributed by atoms with Crippen LogP contribution in [0.25, 0.3) is 64.7 Å². The minimum atomic E-state index is -0.0590. The van der Waals surface area contributed by atoms with Crippen LogP contribution in [0, 0.1) is 54.3 Å². The lowest BCUT2D eigenvalue weighted by molar-refractivity contribution is -0.130. The van der Waals surface area contributed by atoms with E-state index in [1.807, 2.05) is 132 Å². The zero-order chi connectivity index (χ0) is 69.6. The molecule has 1 N–H and O–H groups in total. The third-order valence-electron chi connectivity index (χ3n) is 19.2. The molecule has 3 aromatic carbocycles. The molecule has 3 saturated heterocycles. The molecular formula is C79H90N14O5. The number of nitrogens with zero attached hydrogens (tertiary/aromatic N) is 13. The van der Waals surface area contributed by atoms with Crippen molar-refractivity contribution in [1.82, 2.24) is 53.6 Å². The van der Waals surface area contributed by atoms with Gasteiger partial charge in [-0.2, -0.15) is 0 Å². The van der Waals surface area contributed by atoms with Crippen molar-refractivity contribution >= 4 is 79.3 Å². The van der Waals surface area contributed by atoms with E-state index >= 15 is 0 Å². The van der Waals surface area contributed by atoms with Gasteiger partial charge < -0.3 is 23.9 Å². The molecule has 19 heteroatoms. The van der Waals surface area contributed by atoms with E-state index in [9.17, 15) is 24.0 Å². The SMILES string of the molecule is [C-]#[N+]c1ccc(-n2c(C)c(C(=O)CN3CCCCC3)c3nc(C)c(CCC(=O)N(CC)CC)cc32)cc1.[C-]#[N+]c1ccc(-n2c(C)c(C(=O)CN3CCCCC3)c3nc(C)ccc32)cc1.[C-]#[N+]c1ccc(-n2c(C)c(C(=O)CN3CCCCC3)c3ncc(CC(=O)NCC)cc32)cc1. The first kappa shape index (κ1) is 70.8. The van der Waals surface area contributed by atoms with Gasteiger partial charge in [0, 0.05) is 77.8 Å². The highest BCUT2D eigenvalue weighted by Crippen LogP contribution is 2.35. The van der Waals surface area contributed by atoms with Crippen molar-refractivity contribution < 1.29 is 24.0 Å². The van der Waals surface area contributed by atoms with E-state index in [1.165, 1.54) is 32.1 Å². The van der Waals surface area contributed by atoms with Gasteiger partial charge in [-0.1, -0.05) is 55.7 Å². The second kappa shape index (κ2) is 32.8. The van der Waals surface area contributed by atoms with E-state index in [1.54, 1.807) is 30.5 Å². The van der Waals surface area contributed by atoms with Crippen LogP contribution in [0.4, 0.5) is 17.1 Å². The highest BCUT2D eigenvalue weighted by Gasteiger charge is 2.29. The average Bonchev–Trinajstić information content (AvgIpc) is 1.61. The molecular weight excluding hydrogens is 1220 g/mol. The van der Waals surface area contributed by atoms with Crippen molar-refractivity contribution in [2.45, 2.75) is 132 Å². The Morgan fingerprint density at radius 1 is 0.490 bits per heavy atom. The molecule has 9 aromatic rings. The van der Waals surface area contributed by atoms with Crippen molar-refractivity contribution in [3.8, 4) is 17.1 Å². The van der Waals surface area contributed by atoms with Crippen LogP contribution in [-0.2, 0) is 22.4 Å². The number of Topliss-reactive ketones (excluding diaryl/α,β-unsaturated/α-hetero) is 3. The first-order valence-electron chi connectivity index (χ1n) is 34.7. The molecule has 0 bridgehead atoms. The standard InChI is InChI=1S/C30H37N5O2.C26H29N5O2.C23H24N4O/c1-6-34(7-2)28(37)16-11-23-19-26-30(32-21(23)3)29(27(36)20-33-17-9-8-10-18-33)22(4)35(26)25-14-12-24(31-5)13-15-25;1-4-28-24(33)15-19-14-22-26(29-16-19)25(23(32)17-30-12-6-5-7-13-30)18(2)31(22)21-10-8-20(27-3)9-11-21;1-16-7-12-20-23(25-16)22(21(28)15-26-13-5-4-6-14-26)17(2)27(20)19-10-8-18(24-3)9-11-19/h12-15,19H,6-11,16-18,20H2,1-4H3;8-11,14,16H,4-7,12-13,15,17H2,1-2H3,(H,28,33);7-12H,4-6,13-15H2,1-2H3.